The van der Waals surface area contributed by atoms with Gasteiger partial charge in [0.2, 0.25) is 10.0 Å². The third-order valence-electron chi connectivity index (χ3n) is 2.85. The number of carbonyl (C=O) groups excluding carboxylic acids is 2. The summed E-state index contributed by atoms with van der Waals surface area (Å²) < 4.78 is 31.2. The highest BCUT2D eigenvalue weighted by atomic mass is 32.2. The van der Waals surface area contributed by atoms with Gasteiger partial charge in [0, 0.05) is 14.1 Å². The van der Waals surface area contributed by atoms with Crippen LogP contribution in [0.3, 0.4) is 0 Å². The van der Waals surface area contributed by atoms with E-state index in [4.69, 9.17) is 4.74 Å². The fourth-order valence-electron chi connectivity index (χ4n) is 1.45. The lowest BCUT2D eigenvalue weighted by Gasteiger charge is -2.15. The number of carbonyl (C=O) groups is 2. The van der Waals surface area contributed by atoms with Gasteiger partial charge in [0.15, 0.2) is 6.61 Å². The summed E-state index contributed by atoms with van der Waals surface area (Å²) in [6.07, 6.45) is 0. The number of benzene rings is 1. The maximum atomic E-state index is 12.1. The topological polar surface area (TPSA) is 92.8 Å². The summed E-state index contributed by atoms with van der Waals surface area (Å²) in [7, 11) is -0.767. The number of rotatable bonds is 6. The number of likely N-dealkylation sites (N-methyl/N-ethyl adjacent to an activating group) is 1. The van der Waals surface area contributed by atoms with Crippen molar-refractivity contribution < 1.29 is 22.7 Å². The molecule has 0 saturated carbocycles. The molecule has 0 saturated heterocycles. The normalized spacial score (nSPS) is 12.5. The van der Waals surface area contributed by atoms with E-state index in [0.717, 1.165) is 5.56 Å². The molecule has 1 rings (SSSR count). The van der Waals surface area contributed by atoms with E-state index < -0.39 is 28.6 Å². The third kappa shape index (κ3) is 5.12. The summed E-state index contributed by atoms with van der Waals surface area (Å²) in [5.74, 6) is -1.20. The van der Waals surface area contributed by atoms with Crippen LogP contribution in [0.5, 0.6) is 0 Å². The van der Waals surface area contributed by atoms with Crippen molar-refractivity contribution in [3.63, 3.8) is 0 Å². The van der Waals surface area contributed by atoms with Crippen LogP contribution in [0, 0.1) is 6.92 Å². The first-order valence-electron chi connectivity index (χ1n) is 6.59. The molecule has 7 nitrogen and oxygen atoms in total. The molecule has 0 heterocycles. The Kier molecular flexibility index (Phi) is 6.07. The second-order valence-electron chi connectivity index (χ2n) is 5.05. The minimum absolute atomic E-state index is 0.0575. The molecule has 0 fully saturated rings. The van der Waals surface area contributed by atoms with Gasteiger partial charge < -0.3 is 9.64 Å². The zero-order chi connectivity index (χ0) is 16.9. The summed E-state index contributed by atoms with van der Waals surface area (Å²) in [5, 5.41) is 0. The molecule has 1 N–H and O–H groups in total. The first-order valence-corrected chi connectivity index (χ1v) is 8.07. The van der Waals surface area contributed by atoms with Crippen LogP contribution in [0.2, 0.25) is 0 Å². The van der Waals surface area contributed by atoms with Gasteiger partial charge in [0.1, 0.15) is 6.04 Å². The Balaban J connectivity index is 2.66. The number of sulfonamides is 1. The van der Waals surface area contributed by atoms with Crippen molar-refractivity contribution >= 4 is 21.9 Å². The molecule has 0 aromatic heterocycles. The molecule has 122 valence electrons. The molecule has 1 amide bonds. The molecule has 0 bridgehead atoms. The summed E-state index contributed by atoms with van der Waals surface area (Å²) in [5.41, 5.74) is 0.925. The van der Waals surface area contributed by atoms with Gasteiger partial charge in [-0.05, 0) is 26.0 Å². The number of esters is 1. The average Bonchev–Trinajstić information content (AvgIpc) is 2.44. The van der Waals surface area contributed by atoms with Crippen LogP contribution in [0.1, 0.15) is 12.5 Å². The third-order valence-corrected chi connectivity index (χ3v) is 4.41. The predicted molar refractivity (Wildman–Crippen MR) is 80.6 cm³/mol. The SMILES string of the molecule is Cc1ccc(S(=O)(=O)N[C@@H](C)C(=O)OCC(=O)N(C)C)cc1. The minimum Gasteiger partial charge on any atom is -0.454 e. The van der Waals surface area contributed by atoms with Crippen molar-refractivity contribution in [3.8, 4) is 0 Å². The fourth-order valence-corrected chi connectivity index (χ4v) is 2.65. The summed E-state index contributed by atoms with van der Waals surface area (Å²) in [4.78, 5) is 24.4. The molecule has 1 aromatic carbocycles. The lowest BCUT2D eigenvalue weighted by molar-refractivity contribution is -0.152. The molecule has 8 heteroatoms. The maximum Gasteiger partial charge on any atom is 0.324 e. The number of ether oxygens (including phenoxy) is 1. The first-order chi connectivity index (χ1) is 10.1. The van der Waals surface area contributed by atoms with Gasteiger partial charge in [-0.25, -0.2) is 8.42 Å². The van der Waals surface area contributed by atoms with Crippen molar-refractivity contribution in [2.75, 3.05) is 20.7 Å². The van der Waals surface area contributed by atoms with Crippen molar-refractivity contribution in [3.05, 3.63) is 29.8 Å². The Morgan fingerprint density at radius 1 is 1.23 bits per heavy atom. The molecule has 1 atom stereocenters. The van der Waals surface area contributed by atoms with E-state index in [1.54, 1.807) is 12.1 Å². The molecular formula is C14H20N2O5S. The van der Waals surface area contributed by atoms with Gasteiger partial charge in [-0.3, -0.25) is 9.59 Å². The molecule has 0 spiro atoms. The van der Waals surface area contributed by atoms with E-state index in [-0.39, 0.29) is 10.8 Å². The number of nitrogens with one attached hydrogen (secondary N) is 1. The van der Waals surface area contributed by atoms with E-state index in [0.29, 0.717) is 0 Å². The van der Waals surface area contributed by atoms with Crippen LogP contribution in [-0.2, 0) is 24.3 Å². The minimum atomic E-state index is -3.82. The molecular weight excluding hydrogens is 308 g/mol. The van der Waals surface area contributed by atoms with Crippen LogP contribution >= 0.6 is 0 Å². The summed E-state index contributed by atoms with van der Waals surface area (Å²) in [6.45, 7) is 2.77. The van der Waals surface area contributed by atoms with Crippen LogP contribution < -0.4 is 4.72 Å². The number of aryl methyl sites for hydroxylation is 1. The highest BCUT2D eigenvalue weighted by Gasteiger charge is 2.23. The Morgan fingerprint density at radius 2 is 1.77 bits per heavy atom. The Bertz CT molecular complexity index is 638. The second kappa shape index (κ2) is 7.37. The standard InChI is InChI=1S/C14H20N2O5S/c1-10-5-7-12(8-6-10)22(19,20)15-11(2)14(18)21-9-13(17)16(3)4/h5-8,11,15H,9H2,1-4H3/t11-/m0/s1. The number of hydrogen-bond acceptors (Lipinski definition) is 5. The van der Waals surface area contributed by atoms with Crippen LogP contribution in [0.4, 0.5) is 0 Å². The van der Waals surface area contributed by atoms with Gasteiger partial charge in [0.05, 0.1) is 4.90 Å². The van der Waals surface area contributed by atoms with E-state index >= 15 is 0 Å². The maximum absolute atomic E-state index is 12.1. The smallest absolute Gasteiger partial charge is 0.324 e. The van der Waals surface area contributed by atoms with Crippen molar-refractivity contribution in [2.24, 2.45) is 0 Å². The summed E-state index contributed by atoms with van der Waals surface area (Å²) in [6, 6.07) is 5.12. The quantitative estimate of drug-likeness (QED) is 0.758. The molecule has 1 aromatic rings. The predicted octanol–water partition coefficient (Wildman–Crippen LogP) is 0.293. The van der Waals surface area contributed by atoms with Gasteiger partial charge >= 0.3 is 5.97 Å². The second-order valence-corrected chi connectivity index (χ2v) is 6.77. The Morgan fingerprint density at radius 3 is 2.27 bits per heavy atom. The fraction of sp³-hybridized carbons (Fsp3) is 0.429. The Hall–Kier alpha value is -1.93. The van der Waals surface area contributed by atoms with E-state index in [1.165, 1.54) is 38.1 Å². The van der Waals surface area contributed by atoms with Gasteiger partial charge in [0.25, 0.3) is 5.91 Å². The highest BCUT2D eigenvalue weighted by molar-refractivity contribution is 7.89. The van der Waals surface area contributed by atoms with E-state index in [9.17, 15) is 18.0 Å². The van der Waals surface area contributed by atoms with Gasteiger partial charge in [-0.15, -0.1) is 0 Å². The lowest BCUT2D eigenvalue weighted by atomic mass is 10.2. The highest BCUT2D eigenvalue weighted by Crippen LogP contribution is 2.10. The molecule has 0 aliphatic carbocycles. The molecule has 0 aliphatic heterocycles. The molecule has 0 radical (unpaired) electrons. The lowest BCUT2D eigenvalue weighted by Crippen LogP contribution is -2.40. The number of amides is 1. The number of hydrogen-bond donors (Lipinski definition) is 1. The monoisotopic (exact) mass is 328 g/mol. The average molecular weight is 328 g/mol. The van der Waals surface area contributed by atoms with Crippen LogP contribution in [-0.4, -0.2) is 51.9 Å². The molecule has 0 aliphatic rings. The van der Waals surface area contributed by atoms with E-state index in [1.807, 2.05) is 6.92 Å². The van der Waals surface area contributed by atoms with Crippen molar-refractivity contribution in [1.82, 2.24) is 9.62 Å². The number of nitrogens with zero attached hydrogens (tertiary/aromatic N) is 1. The molecule has 22 heavy (non-hydrogen) atoms. The van der Waals surface area contributed by atoms with E-state index in [2.05, 4.69) is 4.72 Å². The first kappa shape index (κ1) is 18.1. The van der Waals surface area contributed by atoms with Crippen molar-refractivity contribution in [2.45, 2.75) is 24.8 Å². The largest absolute Gasteiger partial charge is 0.454 e. The zero-order valence-electron chi connectivity index (χ0n) is 13.0. The summed E-state index contributed by atoms with van der Waals surface area (Å²) >= 11 is 0. The van der Waals surface area contributed by atoms with Crippen LogP contribution in [0.25, 0.3) is 0 Å². The van der Waals surface area contributed by atoms with Gasteiger partial charge in [-0.1, -0.05) is 17.7 Å². The van der Waals surface area contributed by atoms with Gasteiger partial charge in [-0.2, -0.15) is 4.72 Å². The van der Waals surface area contributed by atoms with Crippen molar-refractivity contribution in [1.29, 1.82) is 0 Å². The Labute approximate surface area is 130 Å². The van der Waals surface area contributed by atoms with Crippen LogP contribution in [0.15, 0.2) is 29.2 Å². The zero-order valence-corrected chi connectivity index (χ0v) is 13.8. The molecule has 0 unspecified atom stereocenters.